The van der Waals surface area contributed by atoms with Gasteiger partial charge < -0.3 is 0 Å². The maximum absolute atomic E-state index is 11.3. The van der Waals surface area contributed by atoms with Crippen molar-refractivity contribution < 1.29 is 4.79 Å². The first-order chi connectivity index (χ1) is 8.70. The van der Waals surface area contributed by atoms with Gasteiger partial charge in [0.05, 0.1) is 0 Å². The molecule has 0 spiro atoms. The molecule has 0 aliphatic heterocycles. The summed E-state index contributed by atoms with van der Waals surface area (Å²) >= 11 is 1.53. The zero-order valence-corrected chi connectivity index (χ0v) is 11.0. The van der Waals surface area contributed by atoms with Crippen LogP contribution in [0, 0.1) is 13.8 Å². The Kier molecular flexibility index (Phi) is 2.52. The quantitative estimate of drug-likeness (QED) is 0.658. The molecule has 0 atom stereocenters. The first kappa shape index (κ1) is 11.2. The molecule has 0 unspecified atom stereocenters. The van der Waals surface area contributed by atoms with E-state index in [4.69, 9.17) is 0 Å². The number of hydrogen-bond donors (Lipinski definition) is 0. The van der Waals surface area contributed by atoms with E-state index in [0.717, 1.165) is 22.5 Å². The summed E-state index contributed by atoms with van der Waals surface area (Å²) in [6.45, 7) is 4.14. The second-order valence-corrected chi connectivity index (χ2v) is 5.19. The molecule has 3 nitrogen and oxygen atoms in total. The maximum atomic E-state index is 11.3. The molecule has 2 aromatic heterocycles. The third kappa shape index (κ3) is 1.57. The summed E-state index contributed by atoms with van der Waals surface area (Å²) in [6, 6.07) is 6.16. The van der Waals surface area contributed by atoms with Gasteiger partial charge in [-0.05, 0) is 31.0 Å². The van der Waals surface area contributed by atoms with Crippen LogP contribution < -0.4 is 0 Å². The maximum Gasteiger partial charge on any atom is 0.194 e. The molecule has 3 aromatic rings. The predicted octanol–water partition coefficient (Wildman–Crippen LogP) is 3.49. The number of aromatic nitrogens is 2. The first-order valence-corrected chi connectivity index (χ1v) is 6.57. The van der Waals surface area contributed by atoms with Crippen molar-refractivity contribution in [2.24, 2.45) is 0 Å². The van der Waals surface area contributed by atoms with Crippen LogP contribution in [-0.4, -0.2) is 15.7 Å². The number of carbonyl (C=O) groups excluding carboxylic acids is 1. The highest BCUT2D eigenvalue weighted by Gasteiger charge is 2.14. The summed E-state index contributed by atoms with van der Waals surface area (Å²) < 4.78 is 1.84. The molecule has 90 valence electrons. The number of nitrogens with zero attached hydrogens (tertiary/aromatic N) is 2. The van der Waals surface area contributed by atoms with Crippen LogP contribution in [0.25, 0.3) is 16.2 Å². The summed E-state index contributed by atoms with van der Waals surface area (Å²) in [4.78, 5) is 16.7. The molecule has 3 rings (SSSR count). The average molecular weight is 256 g/mol. The Morgan fingerprint density at radius 1 is 1.28 bits per heavy atom. The van der Waals surface area contributed by atoms with E-state index in [1.807, 2.05) is 22.0 Å². The molecule has 0 aliphatic rings. The second kappa shape index (κ2) is 4.07. The fraction of sp³-hybridized carbons (Fsp3) is 0.143. The van der Waals surface area contributed by atoms with Gasteiger partial charge in [-0.25, -0.2) is 4.98 Å². The normalized spacial score (nSPS) is 11.0. The number of aldehydes is 1. The first-order valence-electron chi connectivity index (χ1n) is 5.69. The van der Waals surface area contributed by atoms with Crippen molar-refractivity contribution in [1.29, 1.82) is 0 Å². The van der Waals surface area contributed by atoms with Crippen LogP contribution >= 0.6 is 11.3 Å². The molecule has 2 heterocycles. The van der Waals surface area contributed by atoms with Gasteiger partial charge in [-0.2, -0.15) is 0 Å². The van der Waals surface area contributed by atoms with Gasteiger partial charge in [0.15, 0.2) is 11.2 Å². The predicted molar refractivity (Wildman–Crippen MR) is 73.4 cm³/mol. The lowest BCUT2D eigenvalue weighted by molar-refractivity contribution is 0.111. The lowest BCUT2D eigenvalue weighted by atomic mass is 10.0. The molecule has 18 heavy (non-hydrogen) atoms. The topological polar surface area (TPSA) is 34.4 Å². The minimum atomic E-state index is 0.620. The lowest BCUT2D eigenvalue weighted by Gasteiger charge is -2.03. The summed E-state index contributed by atoms with van der Waals surface area (Å²) in [5, 5.41) is 1.93. The zero-order valence-electron chi connectivity index (χ0n) is 10.2. The monoisotopic (exact) mass is 256 g/mol. The summed E-state index contributed by atoms with van der Waals surface area (Å²) in [6.07, 6.45) is 2.75. The third-order valence-electron chi connectivity index (χ3n) is 3.19. The van der Waals surface area contributed by atoms with Gasteiger partial charge in [-0.15, -0.1) is 11.3 Å². The largest absolute Gasteiger partial charge is 0.296 e. The highest BCUT2D eigenvalue weighted by atomic mass is 32.1. The summed E-state index contributed by atoms with van der Waals surface area (Å²) in [7, 11) is 0. The van der Waals surface area contributed by atoms with E-state index in [1.165, 1.54) is 22.5 Å². The van der Waals surface area contributed by atoms with E-state index in [2.05, 4.69) is 31.0 Å². The smallest absolute Gasteiger partial charge is 0.194 e. The number of rotatable bonds is 2. The van der Waals surface area contributed by atoms with Crippen LogP contribution in [0.2, 0.25) is 0 Å². The number of thiazole rings is 1. The third-order valence-corrected chi connectivity index (χ3v) is 3.95. The van der Waals surface area contributed by atoms with Gasteiger partial charge in [0.1, 0.15) is 11.4 Å². The van der Waals surface area contributed by atoms with Crippen LogP contribution in [-0.2, 0) is 0 Å². The van der Waals surface area contributed by atoms with Crippen LogP contribution in [0.4, 0.5) is 0 Å². The molecule has 0 aliphatic carbocycles. The van der Waals surface area contributed by atoms with E-state index in [0.29, 0.717) is 5.69 Å². The number of hydrogen-bond acceptors (Lipinski definition) is 3. The van der Waals surface area contributed by atoms with Gasteiger partial charge in [0.25, 0.3) is 0 Å². The molecule has 0 bridgehead atoms. The molecule has 1 aromatic carbocycles. The van der Waals surface area contributed by atoms with Crippen molar-refractivity contribution >= 4 is 22.6 Å². The average Bonchev–Trinajstić information content (AvgIpc) is 2.92. The molecular formula is C14H12N2OS. The fourth-order valence-electron chi connectivity index (χ4n) is 2.02. The summed E-state index contributed by atoms with van der Waals surface area (Å²) in [5.41, 5.74) is 4.83. The highest BCUT2D eigenvalue weighted by molar-refractivity contribution is 7.15. The number of imidazole rings is 1. The number of benzene rings is 1. The second-order valence-electron chi connectivity index (χ2n) is 4.32. The Hall–Kier alpha value is -1.94. The van der Waals surface area contributed by atoms with Crippen LogP contribution in [0.15, 0.2) is 29.8 Å². The Morgan fingerprint density at radius 3 is 2.83 bits per heavy atom. The van der Waals surface area contributed by atoms with Crippen molar-refractivity contribution in [2.45, 2.75) is 13.8 Å². The SMILES string of the molecule is Cc1ccc(-c2nc3sccn3c2C=O)cc1C. The standard InChI is InChI=1S/C14H12N2OS/c1-9-3-4-11(7-10(9)2)13-12(8-17)16-5-6-18-14(16)15-13/h3-8H,1-2H3. The van der Waals surface area contributed by atoms with Gasteiger partial charge in [-0.1, -0.05) is 12.1 Å². The highest BCUT2D eigenvalue weighted by Crippen LogP contribution is 2.26. The van der Waals surface area contributed by atoms with Gasteiger partial charge in [0.2, 0.25) is 0 Å². The number of fused-ring (bicyclic) bond motifs is 1. The van der Waals surface area contributed by atoms with Crippen LogP contribution in [0.5, 0.6) is 0 Å². The Balaban J connectivity index is 2.26. The fourth-order valence-corrected chi connectivity index (χ4v) is 2.74. The van der Waals surface area contributed by atoms with Crippen molar-refractivity contribution in [3.63, 3.8) is 0 Å². The van der Waals surface area contributed by atoms with Crippen LogP contribution in [0.3, 0.4) is 0 Å². The molecule has 0 radical (unpaired) electrons. The van der Waals surface area contributed by atoms with Crippen molar-refractivity contribution in [3.05, 3.63) is 46.6 Å². The zero-order chi connectivity index (χ0) is 12.7. The Bertz CT molecular complexity index is 739. The minimum Gasteiger partial charge on any atom is -0.296 e. The summed E-state index contributed by atoms with van der Waals surface area (Å²) in [5.74, 6) is 0. The van der Waals surface area contributed by atoms with E-state index in [1.54, 1.807) is 0 Å². The molecule has 4 heteroatoms. The Morgan fingerprint density at radius 2 is 2.11 bits per heavy atom. The van der Waals surface area contributed by atoms with E-state index < -0.39 is 0 Å². The number of carbonyl (C=O) groups is 1. The molecular weight excluding hydrogens is 244 g/mol. The van der Waals surface area contributed by atoms with E-state index in [-0.39, 0.29) is 0 Å². The molecule has 0 amide bonds. The van der Waals surface area contributed by atoms with Crippen molar-refractivity contribution in [2.75, 3.05) is 0 Å². The Labute approximate surface area is 109 Å². The van der Waals surface area contributed by atoms with Gasteiger partial charge in [-0.3, -0.25) is 9.20 Å². The molecule has 0 fully saturated rings. The van der Waals surface area contributed by atoms with Crippen molar-refractivity contribution in [3.8, 4) is 11.3 Å². The molecule has 0 N–H and O–H groups in total. The van der Waals surface area contributed by atoms with Gasteiger partial charge >= 0.3 is 0 Å². The molecule has 0 saturated heterocycles. The van der Waals surface area contributed by atoms with E-state index >= 15 is 0 Å². The number of aryl methyl sites for hydroxylation is 2. The van der Waals surface area contributed by atoms with Crippen molar-refractivity contribution in [1.82, 2.24) is 9.38 Å². The lowest BCUT2D eigenvalue weighted by Crippen LogP contribution is -1.91. The molecule has 0 saturated carbocycles. The minimum absolute atomic E-state index is 0.620. The van der Waals surface area contributed by atoms with Gasteiger partial charge in [0, 0.05) is 17.1 Å². The van der Waals surface area contributed by atoms with E-state index in [9.17, 15) is 4.79 Å². The van der Waals surface area contributed by atoms with Crippen LogP contribution in [0.1, 0.15) is 21.6 Å².